The van der Waals surface area contributed by atoms with E-state index < -0.39 is 11.7 Å². The van der Waals surface area contributed by atoms with Crippen molar-refractivity contribution in [3.63, 3.8) is 0 Å². The van der Waals surface area contributed by atoms with E-state index in [4.69, 9.17) is 0 Å². The Bertz CT molecular complexity index is 391. The van der Waals surface area contributed by atoms with Gasteiger partial charge in [0.15, 0.2) is 0 Å². The molecular formula is C15H23F3N2. The minimum Gasteiger partial charge on any atom is -0.310 e. The van der Waals surface area contributed by atoms with Gasteiger partial charge in [-0.2, -0.15) is 13.2 Å². The molecule has 0 aromatic carbocycles. The fourth-order valence-electron chi connectivity index (χ4n) is 2.23. The van der Waals surface area contributed by atoms with Crippen molar-refractivity contribution in [2.75, 3.05) is 6.54 Å². The molecule has 1 atom stereocenters. The third-order valence-corrected chi connectivity index (χ3v) is 3.27. The first-order valence-electron chi connectivity index (χ1n) is 7.25. The Morgan fingerprint density at radius 1 is 1.20 bits per heavy atom. The van der Waals surface area contributed by atoms with Crippen LogP contribution >= 0.6 is 0 Å². The summed E-state index contributed by atoms with van der Waals surface area (Å²) in [5, 5.41) is 3.22. The highest BCUT2D eigenvalue weighted by molar-refractivity contribution is 5.29. The highest BCUT2D eigenvalue weighted by Crippen LogP contribution is 2.35. The van der Waals surface area contributed by atoms with Crippen LogP contribution in [0.4, 0.5) is 13.2 Å². The number of hydrogen-bond acceptors (Lipinski definition) is 2. The molecule has 0 fully saturated rings. The molecule has 0 amide bonds. The van der Waals surface area contributed by atoms with E-state index in [1.807, 2.05) is 6.92 Å². The summed E-state index contributed by atoms with van der Waals surface area (Å²) in [6, 6.07) is 0.794. The van der Waals surface area contributed by atoms with Gasteiger partial charge in [0.1, 0.15) is 0 Å². The van der Waals surface area contributed by atoms with E-state index in [1.54, 1.807) is 0 Å². The standard InChI is InChI=1S/C15H23F3N2/c1-3-5-6-7-14(20-9-4-2)12-11-19-10-8-13(12)15(16,17)18/h8,10-11,14,20H,3-7,9H2,1-2H3. The summed E-state index contributed by atoms with van der Waals surface area (Å²) in [5.74, 6) is 0. The lowest BCUT2D eigenvalue weighted by Gasteiger charge is -2.22. The molecule has 0 spiro atoms. The fraction of sp³-hybridized carbons (Fsp3) is 0.667. The number of aromatic nitrogens is 1. The molecule has 0 aliphatic rings. The molecule has 20 heavy (non-hydrogen) atoms. The zero-order valence-corrected chi connectivity index (χ0v) is 12.1. The first-order valence-corrected chi connectivity index (χ1v) is 7.25. The van der Waals surface area contributed by atoms with Crippen molar-refractivity contribution in [3.8, 4) is 0 Å². The van der Waals surface area contributed by atoms with Crippen LogP contribution in [-0.2, 0) is 6.18 Å². The number of pyridine rings is 1. The lowest BCUT2D eigenvalue weighted by molar-refractivity contribution is -0.138. The predicted molar refractivity (Wildman–Crippen MR) is 74.4 cm³/mol. The number of nitrogens with zero attached hydrogens (tertiary/aromatic N) is 1. The van der Waals surface area contributed by atoms with Crippen LogP contribution < -0.4 is 5.32 Å². The third kappa shape index (κ3) is 5.12. The molecule has 1 aromatic rings. The van der Waals surface area contributed by atoms with Gasteiger partial charge in [-0.15, -0.1) is 0 Å². The number of halogens is 3. The number of nitrogens with one attached hydrogen (secondary N) is 1. The second-order valence-electron chi connectivity index (χ2n) is 4.96. The van der Waals surface area contributed by atoms with Crippen molar-refractivity contribution in [2.45, 2.75) is 58.2 Å². The van der Waals surface area contributed by atoms with Gasteiger partial charge in [-0.25, -0.2) is 0 Å². The summed E-state index contributed by atoms with van der Waals surface area (Å²) in [6.07, 6.45) is 2.84. The molecular weight excluding hydrogens is 265 g/mol. The van der Waals surface area contributed by atoms with Crippen LogP contribution in [-0.4, -0.2) is 11.5 Å². The van der Waals surface area contributed by atoms with E-state index in [9.17, 15) is 13.2 Å². The molecule has 0 saturated carbocycles. The summed E-state index contributed by atoms with van der Waals surface area (Å²) in [5.41, 5.74) is -0.304. The summed E-state index contributed by atoms with van der Waals surface area (Å²) >= 11 is 0. The first-order chi connectivity index (χ1) is 9.50. The van der Waals surface area contributed by atoms with Crippen molar-refractivity contribution in [3.05, 3.63) is 29.6 Å². The van der Waals surface area contributed by atoms with E-state index >= 15 is 0 Å². The van der Waals surface area contributed by atoms with Crippen molar-refractivity contribution < 1.29 is 13.2 Å². The molecule has 5 heteroatoms. The topological polar surface area (TPSA) is 24.9 Å². The van der Waals surface area contributed by atoms with Gasteiger partial charge in [0.25, 0.3) is 0 Å². The van der Waals surface area contributed by atoms with E-state index in [0.29, 0.717) is 13.0 Å². The minimum absolute atomic E-state index is 0.268. The molecule has 1 rings (SSSR count). The van der Waals surface area contributed by atoms with Crippen molar-refractivity contribution in [2.24, 2.45) is 0 Å². The Labute approximate surface area is 118 Å². The van der Waals surface area contributed by atoms with Gasteiger partial charge in [0, 0.05) is 18.4 Å². The van der Waals surface area contributed by atoms with Crippen LogP contribution in [0.1, 0.15) is 63.1 Å². The minimum atomic E-state index is -4.32. The van der Waals surface area contributed by atoms with Crippen LogP contribution in [0, 0.1) is 0 Å². The predicted octanol–water partition coefficient (Wildman–Crippen LogP) is 4.72. The summed E-state index contributed by atoms with van der Waals surface area (Å²) in [6.45, 7) is 4.80. The molecule has 0 bridgehead atoms. The Hall–Kier alpha value is -1.10. The van der Waals surface area contributed by atoms with Gasteiger partial charge in [-0.3, -0.25) is 4.98 Å². The average Bonchev–Trinajstić information content (AvgIpc) is 2.42. The van der Waals surface area contributed by atoms with Gasteiger partial charge in [-0.1, -0.05) is 33.1 Å². The molecule has 0 radical (unpaired) electrons. The third-order valence-electron chi connectivity index (χ3n) is 3.27. The van der Waals surface area contributed by atoms with E-state index in [1.165, 1.54) is 12.4 Å². The monoisotopic (exact) mass is 288 g/mol. The maximum Gasteiger partial charge on any atom is 0.416 e. The molecule has 1 unspecified atom stereocenters. The Kier molecular flexibility index (Phi) is 6.99. The molecule has 0 aliphatic heterocycles. The normalized spacial score (nSPS) is 13.4. The SMILES string of the molecule is CCCCCC(NCCC)c1cnccc1C(F)(F)F. The quantitative estimate of drug-likeness (QED) is 0.700. The number of hydrogen-bond donors (Lipinski definition) is 1. The molecule has 114 valence electrons. The average molecular weight is 288 g/mol. The second-order valence-corrected chi connectivity index (χ2v) is 4.96. The van der Waals surface area contributed by atoms with Gasteiger partial charge in [-0.05, 0) is 31.0 Å². The molecule has 0 aliphatic carbocycles. The number of unbranched alkanes of at least 4 members (excludes halogenated alkanes) is 2. The zero-order valence-electron chi connectivity index (χ0n) is 12.1. The van der Waals surface area contributed by atoms with Crippen LogP contribution in [0.2, 0.25) is 0 Å². The smallest absolute Gasteiger partial charge is 0.310 e. The Balaban J connectivity index is 2.94. The maximum absolute atomic E-state index is 13.1. The molecule has 1 N–H and O–H groups in total. The van der Waals surface area contributed by atoms with Crippen molar-refractivity contribution in [1.29, 1.82) is 0 Å². The van der Waals surface area contributed by atoms with E-state index in [2.05, 4.69) is 17.2 Å². The largest absolute Gasteiger partial charge is 0.416 e. The fourth-order valence-corrected chi connectivity index (χ4v) is 2.23. The van der Waals surface area contributed by atoms with E-state index in [0.717, 1.165) is 31.7 Å². The maximum atomic E-state index is 13.1. The summed E-state index contributed by atoms with van der Waals surface area (Å²) in [7, 11) is 0. The first kappa shape index (κ1) is 17.0. The van der Waals surface area contributed by atoms with Crippen molar-refractivity contribution >= 4 is 0 Å². The number of alkyl halides is 3. The van der Waals surface area contributed by atoms with Gasteiger partial charge >= 0.3 is 6.18 Å². The second kappa shape index (κ2) is 8.25. The molecule has 0 saturated heterocycles. The van der Waals surface area contributed by atoms with E-state index in [-0.39, 0.29) is 11.6 Å². The number of rotatable bonds is 8. The summed E-state index contributed by atoms with van der Waals surface area (Å²) in [4.78, 5) is 3.88. The van der Waals surface area contributed by atoms with Crippen LogP contribution in [0.25, 0.3) is 0 Å². The highest BCUT2D eigenvalue weighted by Gasteiger charge is 2.35. The zero-order chi connectivity index (χ0) is 15.0. The van der Waals surface area contributed by atoms with Crippen LogP contribution in [0.5, 0.6) is 0 Å². The molecule has 2 nitrogen and oxygen atoms in total. The van der Waals surface area contributed by atoms with Crippen LogP contribution in [0.3, 0.4) is 0 Å². The Morgan fingerprint density at radius 2 is 1.95 bits per heavy atom. The van der Waals surface area contributed by atoms with Gasteiger partial charge in [0.2, 0.25) is 0 Å². The van der Waals surface area contributed by atoms with Crippen molar-refractivity contribution in [1.82, 2.24) is 10.3 Å². The van der Waals surface area contributed by atoms with Crippen LogP contribution in [0.15, 0.2) is 18.5 Å². The highest BCUT2D eigenvalue weighted by atomic mass is 19.4. The van der Waals surface area contributed by atoms with Gasteiger partial charge in [0.05, 0.1) is 5.56 Å². The summed E-state index contributed by atoms with van der Waals surface area (Å²) < 4.78 is 39.2. The van der Waals surface area contributed by atoms with Gasteiger partial charge < -0.3 is 5.32 Å². The lowest BCUT2D eigenvalue weighted by Crippen LogP contribution is -2.25. The lowest BCUT2D eigenvalue weighted by atomic mass is 9.97. The molecule has 1 heterocycles. The molecule has 1 aromatic heterocycles. The Morgan fingerprint density at radius 3 is 2.55 bits per heavy atom.